The van der Waals surface area contributed by atoms with Crippen LogP contribution in [0.5, 0.6) is 17.2 Å². The highest BCUT2D eigenvalue weighted by Crippen LogP contribution is 2.33. The third kappa shape index (κ3) is 6.12. The predicted molar refractivity (Wildman–Crippen MR) is 148 cm³/mol. The van der Waals surface area contributed by atoms with E-state index in [1.165, 1.54) is 22.5 Å². The number of methoxy groups -OCH3 is 2. The first kappa shape index (κ1) is 25.7. The zero-order valence-electron chi connectivity index (χ0n) is 21.5. The van der Waals surface area contributed by atoms with Crippen molar-refractivity contribution in [2.45, 2.75) is 19.4 Å². The SMILES string of the molecule is COc1cc2c(cc1OC)CN(CCCOc1ccc(NC(=O)c3csc(-c4cccnc4)n3)cc1)CC2. The van der Waals surface area contributed by atoms with Gasteiger partial charge in [-0.3, -0.25) is 14.7 Å². The number of fused-ring (bicyclic) bond motifs is 1. The smallest absolute Gasteiger partial charge is 0.275 e. The lowest BCUT2D eigenvalue weighted by Crippen LogP contribution is -2.32. The van der Waals surface area contributed by atoms with Crippen LogP contribution in [0.25, 0.3) is 10.6 Å². The lowest BCUT2D eigenvalue weighted by molar-refractivity contribution is 0.102. The second-order valence-electron chi connectivity index (χ2n) is 8.96. The van der Waals surface area contributed by atoms with E-state index in [9.17, 15) is 4.79 Å². The molecule has 0 spiro atoms. The number of nitrogens with zero attached hydrogens (tertiary/aromatic N) is 3. The van der Waals surface area contributed by atoms with Gasteiger partial charge in [-0.2, -0.15) is 0 Å². The van der Waals surface area contributed by atoms with E-state index in [1.807, 2.05) is 36.4 Å². The Morgan fingerprint density at radius 3 is 2.61 bits per heavy atom. The molecule has 2 aromatic carbocycles. The Bertz CT molecular complexity index is 1380. The highest BCUT2D eigenvalue weighted by molar-refractivity contribution is 7.13. The summed E-state index contributed by atoms with van der Waals surface area (Å²) in [5, 5.41) is 5.41. The van der Waals surface area contributed by atoms with Gasteiger partial charge in [-0.25, -0.2) is 4.98 Å². The van der Waals surface area contributed by atoms with Crippen LogP contribution in [-0.4, -0.2) is 54.7 Å². The molecule has 0 fully saturated rings. The Morgan fingerprint density at radius 1 is 1.08 bits per heavy atom. The maximum atomic E-state index is 12.6. The highest BCUT2D eigenvalue weighted by Gasteiger charge is 2.19. The number of nitrogens with one attached hydrogen (secondary N) is 1. The quantitative estimate of drug-likeness (QED) is 0.279. The van der Waals surface area contributed by atoms with Crippen LogP contribution in [0.2, 0.25) is 0 Å². The number of carbonyl (C=O) groups is 1. The van der Waals surface area contributed by atoms with Crippen molar-refractivity contribution in [1.82, 2.24) is 14.9 Å². The minimum absolute atomic E-state index is 0.246. The first-order chi connectivity index (χ1) is 18.6. The molecular formula is C29H30N4O4S. The van der Waals surface area contributed by atoms with E-state index >= 15 is 0 Å². The van der Waals surface area contributed by atoms with Crippen molar-refractivity contribution in [2.75, 3.05) is 39.2 Å². The lowest BCUT2D eigenvalue weighted by atomic mass is 9.98. The zero-order valence-corrected chi connectivity index (χ0v) is 22.3. The molecule has 0 saturated heterocycles. The summed E-state index contributed by atoms with van der Waals surface area (Å²) < 4.78 is 16.8. The molecule has 3 heterocycles. The second kappa shape index (κ2) is 12.1. The molecule has 0 aliphatic carbocycles. The molecule has 0 radical (unpaired) electrons. The van der Waals surface area contributed by atoms with Gasteiger partial charge >= 0.3 is 0 Å². The fourth-order valence-electron chi connectivity index (χ4n) is 4.44. The molecule has 8 nitrogen and oxygen atoms in total. The van der Waals surface area contributed by atoms with E-state index in [0.29, 0.717) is 18.0 Å². The molecule has 1 amide bonds. The van der Waals surface area contributed by atoms with E-state index in [4.69, 9.17) is 14.2 Å². The summed E-state index contributed by atoms with van der Waals surface area (Å²) in [6.45, 7) is 3.49. The van der Waals surface area contributed by atoms with Crippen LogP contribution < -0.4 is 19.5 Å². The van der Waals surface area contributed by atoms with Crippen LogP contribution in [0.4, 0.5) is 5.69 Å². The van der Waals surface area contributed by atoms with Crippen molar-refractivity contribution in [3.63, 3.8) is 0 Å². The first-order valence-corrected chi connectivity index (χ1v) is 13.4. The molecule has 9 heteroatoms. The minimum Gasteiger partial charge on any atom is -0.494 e. The Hall–Kier alpha value is -3.95. The molecule has 0 saturated carbocycles. The van der Waals surface area contributed by atoms with Crippen molar-refractivity contribution in [3.05, 3.63) is 83.1 Å². The Morgan fingerprint density at radius 2 is 1.87 bits per heavy atom. The minimum atomic E-state index is -0.246. The second-order valence-corrected chi connectivity index (χ2v) is 9.82. The molecule has 196 valence electrons. The van der Waals surface area contributed by atoms with Crippen LogP contribution in [0.1, 0.15) is 28.0 Å². The summed E-state index contributed by atoms with van der Waals surface area (Å²) >= 11 is 1.42. The van der Waals surface area contributed by atoms with Crippen LogP contribution >= 0.6 is 11.3 Å². The maximum absolute atomic E-state index is 12.6. The highest BCUT2D eigenvalue weighted by atomic mass is 32.1. The van der Waals surface area contributed by atoms with Crippen LogP contribution in [0.15, 0.2) is 66.3 Å². The molecule has 1 N–H and O–H groups in total. The molecule has 0 bridgehead atoms. The molecular weight excluding hydrogens is 500 g/mol. The number of thiazole rings is 1. The van der Waals surface area contributed by atoms with Crippen molar-refractivity contribution >= 4 is 22.9 Å². The van der Waals surface area contributed by atoms with Crippen molar-refractivity contribution in [2.24, 2.45) is 0 Å². The largest absolute Gasteiger partial charge is 0.494 e. The fraction of sp³-hybridized carbons (Fsp3) is 0.276. The molecule has 1 aliphatic heterocycles. The summed E-state index contributed by atoms with van der Waals surface area (Å²) in [6.07, 6.45) is 5.36. The van der Waals surface area contributed by atoms with Gasteiger partial charge in [-0.05, 0) is 72.5 Å². The van der Waals surface area contributed by atoms with Crippen molar-refractivity contribution in [1.29, 1.82) is 0 Å². The molecule has 0 atom stereocenters. The van der Waals surface area contributed by atoms with E-state index < -0.39 is 0 Å². The Labute approximate surface area is 226 Å². The average Bonchev–Trinajstić information content (AvgIpc) is 3.46. The standard InChI is InChI=1S/C29H30N4O4S/c1-35-26-15-20-10-13-33(18-22(20)16-27(26)36-2)12-4-14-37-24-8-6-23(7-9-24)31-28(34)25-19-38-29(32-25)21-5-3-11-30-17-21/h3,5-9,11,15-17,19H,4,10,12-14,18H2,1-2H3,(H,31,34). The van der Waals surface area contributed by atoms with Gasteiger partial charge in [-0.15, -0.1) is 11.3 Å². The summed E-state index contributed by atoms with van der Waals surface area (Å²) in [4.78, 5) is 23.6. The number of hydrogen-bond donors (Lipinski definition) is 1. The number of amides is 1. The van der Waals surface area contributed by atoms with Gasteiger partial charge < -0.3 is 19.5 Å². The van der Waals surface area contributed by atoms with Gasteiger partial charge in [0.1, 0.15) is 16.5 Å². The molecule has 2 aromatic heterocycles. The van der Waals surface area contributed by atoms with Crippen LogP contribution in [0, 0.1) is 0 Å². The molecule has 4 aromatic rings. The van der Waals surface area contributed by atoms with Gasteiger partial charge in [0.2, 0.25) is 0 Å². The number of hydrogen-bond acceptors (Lipinski definition) is 8. The normalized spacial score (nSPS) is 13.0. The Kier molecular flexibility index (Phi) is 8.15. The van der Waals surface area contributed by atoms with Gasteiger partial charge in [-0.1, -0.05) is 0 Å². The number of anilines is 1. The van der Waals surface area contributed by atoms with E-state index in [2.05, 4.69) is 32.3 Å². The van der Waals surface area contributed by atoms with Gasteiger partial charge in [0.25, 0.3) is 5.91 Å². The summed E-state index contributed by atoms with van der Waals surface area (Å²) in [5.74, 6) is 2.09. The van der Waals surface area contributed by atoms with Gasteiger partial charge in [0.15, 0.2) is 11.5 Å². The third-order valence-corrected chi connectivity index (χ3v) is 7.33. The molecule has 0 unspecified atom stereocenters. The Balaban J connectivity index is 1.07. The van der Waals surface area contributed by atoms with E-state index in [1.54, 1.807) is 32.0 Å². The molecule has 5 rings (SSSR count). The van der Waals surface area contributed by atoms with Crippen LogP contribution in [-0.2, 0) is 13.0 Å². The summed E-state index contributed by atoms with van der Waals surface area (Å²) in [6, 6.07) is 15.4. The third-order valence-electron chi connectivity index (χ3n) is 6.44. The first-order valence-electron chi connectivity index (χ1n) is 12.5. The number of ether oxygens (including phenoxy) is 3. The number of aromatic nitrogens is 2. The molecule has 1 aliphatic rings. The monoisotopic (exact) mass is 530 g/mol. The average molecular weight is 531 g/mol. The lowest BCUT2D eigenvalue weighted by Gasteiger charge is -2.29. The number of rotatable bonds is 10. The number of benzene rings is 2. The van der Waals surface area contributed by atoms with Crippen molar-refractivity contribution in [3.8, 4) is 27.8 Å². The summed E-state index contributed by atoms with van der Waals surface area (Å²) in [5.41, 5.74) is 4.58. The predicted octanol–water partition coefficient (Wildman–Crippen LogP) is 5.30. The van der Waals surface area contributed by atoms with E-state index in [-0.39, 0.29) is 5.91 Å². The summed E-state index contributed by atoms with van der Waals surface area (Å²) in [7, 11) is 3.34. The topological polar surface area (TPSA) is 85.8 Å². The number of pyridine rings is 1. The van der Waals surface area contributed by atoms with Crippen molar-refractivity contribution < 1.29 is 19.0 Å². The fourth-order valence-corrected chi connectivity index (χ4v) is 5.23. The maximum Gasteiger partial charge on any atom is 0.275 e. The number of carbonyl (C=O) groups excluding carboxylic acids is 1. The zero-order chi connectivity index (χ0) is 26.3. The van der Waals surface area contributed by atoms with E-state index in [0.717, 1.165) is 60.3 Å². The molecule has 38 heavy (non-hydrogen) atoms. The van der Waals surface area contributed by atoms with Gasteiger partial charge in [0, 0.05) is 48.7 Å². The van der Waals surface area contributed by atoms with Gasteiger partial charge in [0.05, 0.1) is 20.8 Å². The van der Waals surface area contributed by atoms with Crippen LogP contribution in [0.3, 0.4) is 0 Å².